The normalized spacial score (nSPS) is 13.2. The molecule has 5 heteroatoms. The summed E-state index contributed by atoms with van der Waals surface area (Å²) in [6, 6.07) is 0. The Kier molecular flexibility index (Phi) is 68.9. The standard InChI is InChI=1S/C79H130O5/c1-3-5-7-9-11-13-15-17-19-21-23-25-27-29-31-33-35-37-38-39-40-42-43-45-47-49-51-53-55-57-59-61-63-65-67-69-71-73-78(81)83-76-77(75-80)84-79(82)74-72-70-68-66-64-62-60-58-56-54-52-50-48-46-44-41-36-34-32-30-28-26-24-22-20-18-16-14-12-10-8-6-4-2/h5-8,11-14,17-20,23-26,29-32,36,41,46,48,52,54,77,80H,3-4,9-10,15-16,21-22,27-28,33-35,37-40,42-45,47,49-51,53,55-76H2,1-2H3/b7-5-,8-6-,13-11-,14-12-,19-17-,20-18-,25-23-,26-24-,31-29-,32-30-,41-36-,48-46-,54-52-. The Bertz CT molecular complexity index is 1790. The maximum atomic E-state index is 12.4. The van der Waals surface area contributed by atoms with Crippen molar-refractivity contribution < 1.29 is 24.2 Å². The van der Waals surface area contributed by atoms with Crippen molar-refractivity contribution >= 4 is 11.9 Å². The molecule has 0 aliphatic carbocycles. The van der Waals surface area contributed by atoms with Crippen molar-refractivity contribution in [3.05, 3.63) is 158 Å². The van der Waals surface area contributed by atoms with Gasteiger partial charge in [0.2, 0.25) is 0 Å². The molecule has 1 unspecified atom stereocenters. The van der Waals surface area contributed by atoms with Gasteiger partial charge in [-0.1, -0.05) is 332 Å². The van der Waals surface area contributed by atoms with E-state index in [0.29, 0.717) is 12.8 Å². The van der Waals surface area contributed by atoms with Crippen molar-refractivity contribution in [1.29, 1.82) is 0 Å². The second kappa shape index (κ2) is 72.8. The van der Waals surface area contributed by atoms with Crippen LogP contribution >= 0.6 is 0 Å². The number of aliphatic hydroxyl groups is 1. The van der Waals surface area contributed by atoms with Gasteiger partial charge in [-0.05, 0) is 122 Å². The van der Waals surface area contributed by atoms with Crippen LogP contribution < -0.4 is 0 Å². The van der Waals surface area contributed by atoms with Gasteiger partial charge in [0.1, 0.15) is 6.61 Å². The average Bonchev–Trinajstić information content (AvgIpc) is 3.51. The number of ether oxygens (including phenoxy) is 2. The summed E-state index contributed by atoms with van der Waals surface area (Å²) in [6.07, 6.45) is 111. The lowest BCUT2D eigenvalue weighted by molar-refractivity contribution is -0.161. The molecule has 0 aromatic rings. The summed E-state index contributed by atoms with van der Waals surface area (Å²) in [5, 5.41) is 9.71. The molecule has 0 aliphatic heterocycles. The van der Waals surface area contributed by atoms with E-state index in [-0.39, 0.29) is 25.2 Å². The second-order valence-corrected chi connectivity index (χ2v) is 22.8. The Morgan fingerprint density at radius 2 is 0.476 bits per heavy atom. The third-order valence-electron chi connectivity index (χ3n) is 14.8. The van der Waals surface area contributed by atoms with Crippen LogP contribution in [0.4, 0.5) is 0 Å². The van der Waals surface area contributed by atoms with E-state index in [1.165, 1.54) is 154 Å². The summed E-state index contributed by atoms with van der Waals surface area (Å²) in [7, 11) is 0. The Morgan fingerprint density at radius 1 is 0.274 bits per heavy atom. The molecule has 0 spiro atoms. The largest absolute Gasteiger partial charge is 0.462 e. The minimum Gasteiger partial charge on any atom is -0.462 e. The van der Waals surface area contributed by atoms with Gasteiger partial charge in [0.05, 0.1) is 6.61 Å². The van der Waals surface area contributed by atoms with E-state index in [9.17, 15) is 14.7 Å². The molecule has 476 valence electrons. The van der Waals surface area contributed by atoms with Crippen LogP contribution in [0.5, 0.6) is 0 Å². The molecule has 0 saturated heterocycles. The van der Waals surface area contributed by atoms with Gasteiger partial charge < -0.3 is 14.6 Å². The number of aliphatic hydroxyl groups excluding tert-OH is 1. The molecular weight excluding hydrogens is 1030 g/mol. The van der Waals surface area contributed by atoms with Gasteiger partial charge in [-0.2, -0.15) is 0 Å². The number of allylic oxidation sites excluding steroid dienone is 26. The van der Waals surface area contributed by atoms with Crippen molar-refractivity contribution in [2.45, 2.75) is 315 Å². The maximum absolute atomic E-state index is 12.4. The fourth-order valence-corrected chi connectivity index (χ4v) is 9.66. The first-order chi connectivity index (χ1) is 41.6. The first-order valence-corrected chi connectivity index (χ1v) is 35.0. The molecule has 0 heterocycles. The Balaban J connectivity index is 3.51. The van der Waals surface area contributed by atoms with Crippen LogP contribution in [-0.4, -0.2) is 36.4 Å². The molecule has 0 fully saturated rings. The Labute approximate surface area is 520 Å². The molecule has 0 aromatic heterocycles. The fourth-order valence-electron chi connectivity index (χ4n) is 9.66. The predicted molar refractivity (Wildman–Crippen MR) is 370 cm³/mol. The van der Waals surface area contributed by atoms with E-state index >= 15 is 0 Å². The van der Waals surface area contributed by atoms with E-state index in [1.54, 1.807) is 0 Å². The number of carbonyl (C=O) groups excluding carboxylic acids is 2. The number of rotatable bonds is 63. The Morgan fingerprint density at radius 3 is 0.714 bits per heavy atom. The lowest BCUT2D eigenvalue weighted by Crippen LogP contribution is -2.28. The highest BCUT2D eigenvalue weighted by Gasteiger charge is 2.16. The number of hydrogen-bond acceptors (Lipinski definition) is 5. The summed E-state index contributed by atoms with van der Waals surface area (Å²) in [5.74, 6) is -0.598. The lowest BCUT2D eigenvalue weighted by atomic mass is 10.0. The first kappa shape index (κ1) is 79.5. The van der Waals surface area contributed by atoms with E-state index < -0.39 is 6.10 Å². The number of unbranched alkanes of at least 4 members (excludes halogenated alkanes) is 29. The van der Waals surface area contributed by atoms with Crippen molar-refractivity contribution in [3.63, 3.8) is 0 Å². The molecule has 0 aliphatic rings. The topological polar surface area (TPSA) is 72.8 Å². The maximum Gasteiger partial charge on any atom is 0.306 e. The molecule has 0 rings (SSSR count). The summed E-state index contributed by atoms with van der Waals surface area (Å²) in [4.78, 5) is 24.7. The third-order valence-corrected chi connectivity index (χ3v) is 14.8. The zero-order valence-electron chi connectivity index (χ0n) is 54.6. The zero-order chi connectivity index (χ0) is 60.5. The monoisotopic (exact) mass is 1160 g/mol. The van der Waals surface area contributed by atoms with E-state index in [2.05, 4.69) is 172 Å². The molecule has 0 amide bonds. The molecule has 0 bridgehead atoms. The summed E-state index contributed by atoms with van der Waals surface area (Å²) in [5.41, 5.74) is 0. The van der Waals surface area contributed by atoms with Crippen LogP contribution in [0.15, 0.2) is 158 Å². The summed E-state index contributed by atoms with van der Waals surface area (Å²) < 4.78 is 10.8. The molecule has 1 N–H and O–H groups in total. The highest BCUT2D eigenvalue weighted by atomic mass is 16.6. The quantitative estimate of drug-likeness (QED) is 0.0373. The zero-order valence-corrected chi connectivity index (χ0v) is 54.6. The average molecular weight is 1160 g/mol. The van der Waals surface area contributed by atoms with E-state index in [1.807, 2.05) is 0 Å². The number of carbonyl (C=O) groups is 2. The highest BCUT2D eigenvalue weighted by molar-refractivity contribution is 5.70. The first-order valence-electron chi connectivity index (χ1n) is 35.0. The predicted octanol–water partition coefficient (Wildman–Crippen LogP) is 24.6. The molecule has 0 saturated carbocycles. The minimum absolute atomic E-state index is 0.0748. The number of hydrogen-bond donors (Lipinski definition) is 1. The van der Waals surface area contributed by atoms with Gasteiger partial charge in [-0.25, -0.2) is 0 Å². The van der Waals surface area contributed by atoms with Gasteiger partial charge in [-0.3, -0.25) is 9.59 Å². The van der Waals surface area contributed by atoms with Crippen molar-refractivity contribution in [1.82, 2.24) is 0 Å². The minimum atomic E-state index is -0.787. The van der Waals surface area contributed by atoms with Crippen LogP contribution in [0.25, 0.3) is 0 Å². The smallest absolute Gasteiger partial charge is 0.306 e. The van der Waals surface area contributed by atoms with Crippen molar-refractivity contribution in [3.8, 4) is 0 Å². The third kappa shape index (κ3) is 70.0. The van der Waals surface area contributed by atoms with Crippen LogP contribution in [0.3, 0.4) is 0 Å². The SMILES string of the molecule is CC/C=C\C/C=C\C/C=C\C/C=C\C/C=C\C/C=C\C/C=C\C/C=C\CCCCCCCCCCC(=O)OC(CO)COC(=O)CCCCCCCCCCCCCCCCCCCCCCC/C=C\C/C=C\C/C=C\C/C=C\C/C=C\CC. The lowest BCUT2D eigenvalue weighted by Gasteiger charge is -2.15. The van der Waals surface area contributed by atoms with E-state index in [0.717, 1.165) is 128 Å². The van der Waals surface area contributed by atoms with Gasteiger partial charge in [-0.15, -0.1) is 0 Å². The molecule has 0 radical (unpaired) electrons. The number of esters is 2. The van der Waals surface area contributed by atoms with Crippen LogP contribution in [0.1, 0.15) is 309 Å². The fraction of sp³-hybridized carbons (Fsp3) is 0.646. The summed E-state index contributed by atoms with van der Waals surface area (Å²) >= 11 is 0. The van der Waals surface area contributed by atoms with Crippen molar-refractivity contribution in [2.75, 3.05) is 13.2 Å². The van der Waals surface area contributed by atoms with Crippen molar-refractivity contribution in [2.24, 2.45) is 0 Å². The molecule has 84 heavy (non-hydrogen) atoms. The Hall–Kier alpha value is -4.48. The van der Waals surface area contributed by atoms with Crippen LogP contribution in [0, 0.1) is 0 Å². The molecule has 5 nitrogen and oxygen atoms in total. The second-order valence-electron chi connectivity index (χ2n) is 22.8. The molecular formula is C79H130O5. The van der Waals surface area contributed by atoms with Gasteiger partial charge >= 0.3 is 11.9 Å². The van der Waals surface area contributed by atoms with E-state index in [4.69, 9.17) is 9.47 Å². The molecule has 1 atom stereocenters. The van der Waals surface area contributed by atoms with Crippen LogP contribution in [0.2, 0.25) is 0 Å². The van der Waals surface area contributed by atoms with Gasteiger partial charge in [0.25, 0.3) is 0 Å². The van der Waals surface area contributed by atoms with Crippen LogP contribution in [-0.2, 0) is 19.1 Å². The highest BCUT2D eigenvalue weighted by Crippen LogP contribution is 2.17. The van der Waals surface area contributed by atoms with Gasteiger partial charge in [0.15, 0.2) is 6.10 Å². The summed E-state index contributed by atoms with van der Waals surface area (Å²) in [6.45, 7) is 3.92. The van der Waals surface area contributed by atoms with Gasteiger partial charge in [0, 0.05) is 12.8 Å². The molecule has 0 aromatic carbocycles.